The minimum atomic E-state index is -0.871. The van der Waals surface area contributed by atoms with Crippen molar-refractivity contribution < 1.29 is 29.3 Å². The number of rotatable bonds is 8. The van der Waals surface area contributed by atoms with E-state index in [9.17, 15) is 19.8 Å². The number of amides is 1. The highest BCUT2D eigenvalue weighted by Crippen LogP contribution is 2.41. The first-order valence-corrected chi connectivity index (χ1v) is 9.53. The zero-order valence-corrected chi connectivity index (χ0v) is 17.1. The number of Topliss-reactive ketones (excluding diaryl/α,β-unsaturated/α-hetero) is 1. The average molecular weight is 421 g/mol. The van der Waals surface area contributed by atoms with E-state index in [1.54, 1.807) is 36.4 Å². The summed E-state index contributed by atoms with van der Waals surface area (Å²) >= 11 is 0. The number of hydrogen-bond acceptors (Lipinski definition) is 6. The van der Waals surface area contributed by atoms with Gasteiger partial charge < -0.3 is 24.6 Å². The molecular weight excluding hydrogens is 398 g/mol. The fraction of sp³-hybridized carbons (Fsp3) is 0.167. The molecule has 1 saturated heterocycles. The lowest BCUT2D eigenvalue weighted by Crippen LogP contribution is -2.29. The van der Waals surface area contributed by atoms with Crippen LogP contribution in [0, 0.1) is 0 Å². The molecule has 1 amide bonds. The second-order valence-corrected chi connectivity index (χ2v) is 6.80. The molecule has 2 N–H and O–H groups in total. The lowest BCUT2D eigenvalue weighted by Gasteiger charge is -2.24. The van der Waals surface area contributed by atoms with Crippen LogP contribution in [0.25, 0.3) is 5.76 Å². The molecular formula is C24H23NO6. The Labute approximate surface area is 180 Å². The van der Waals surface area contributed by atoms with E-state index in [4.69, 9.17) is 9.47 Å². The number of methoxy groups -OCH3 is 1. The molecule has 0 spiro atoms. The van der Waals surface area contributed by atoms with E-state index in [2.05, 4.69) is 13.2 Å². The molecule has 1 aliphatic rings. The molecule has 1 aliphatic heterocycles. The van der Waals surface area contributed by atoms with Crippen LogP contribution in [-0.2, 0) is 9.59 Å². The second kappa shape index (κ2) is 9.21. The second-order valence-electron chi connectivity index (χ2n) is 6.80. The Morgan fingerprint density at radius 3 is 2.45 bits per heavy atom. The van der Waals surface area contributed by atoms with Crippen LogP contribution in [0.1, 0.15) is 17.2 Å². The fourth-order valence-corrected chi connectivity index (χ4v) is 3.44. The topological polar surface area (TPSA) is 96.3 Å². The van der Waals surface area contributed by atoms with Crippen LogP contribution in [0.2, 0.25) is 0 Å². The van der Waals surface area contributed by atoms with E-state index in [1.807, 2.05) is 0 Å². The smallest absolute Gasteiger partial charge is 0.295 e. The Bertz CT molecular complexity index is 1050. The monoisotopic (exact) mass is 421 g/mol. The number of likely N-dealkylation sites (tertiary alicyclic amines) is 1. The molecule has 0 aliphatic carbocycles. The number of nitrogens with zero attached hydrogens (tertiary/aromatic N) is 1. The van der Waals surface area contributed by atoms with Crippen molar-refractivity contribution >= 4 is 17.4 Å². The number of benzene rings is 2. The molecule has 1 fully saturated rings. The van der Waals surface area contributed by atoms with Gasteiger partial charge in [-0.25, -0.2) is 0 Å². The Kier molecular flexibility index (Phi) is 6.45. The van der Waals surface area contributed by atoms with E-state index in [0.717, 1.165) is 0 Å². The van der Waals surface area contributed by atoms with Gasteiger partial charge in [-0.05, 0) is 42.0 Å². The summed E-state index contributed by atoms with van der Waals surface area (Å²) in [6.07, 6.45) is 3.11. The van der Waals surface area contributed by atoms with Crippen molar-refractivity contribution in [3.05, 3.63) is 84.5 Å². The van der Waals surface area contributed by atoms with Crippen LogP contribution >= 0.6 is 0 Å². The maximum absolute atomic E-state index is 12.9. The summed E-state index contributed by atoms with van der Waals surface area (Å²) in [5.74, 6) is -1.18. The van der Waals surface area contributed by atoms with Gasteiger partial charge in [0, 0.05) is 12.1 Å². The molecule has 1 unspecified atom stereocenters. The van der Waals surface area contributed by atoms with Crippen molar-refractivity contribution in [2.75, 3.05) is 20.3 Å². The number of aromatic hydroxyl groups is 1. The SMILES string of the molecule is C=CCOc1ccc(/C(O)=C2\C(=O)C(=O)N(CC=C)C2c2ccc(O)c(OC)c2)cc1. The van der Waals surface area contributed by atoms with Gasteiger partial charge in [-0.2, -0.15) is 0 Å². The van der Waals surface area contributed by atoms with Gasteiger partial charge in [0.15, 0.2) is 11.5 Å². The standard InChI is InChI=1S/C24H23NO6/c1-4-12-25-21(16-8-11-18(26)19(14-16)30-3)20(23(28)24(25)29)22(27)15-6-9-17(10-7-15)31-13-5-2/h4-11,14,21,26-27H,1-2,12-13H2,3H3/b22-20+. The minimum Gasteiger partial charge on any atom is -0.507 e. The molecule has 2 aromatic rings. The predicted molar refractivity (Wildman–Crippen MR) is 116 cm³/mol. The Morgan fingerprint density at radius 1 is 1.13 bits per heavy atom. The number of aliphatic hydroxyl groups is 1. The lowest BCUT2D eigenvalue weighted by atomic mass is 9.95. The molecule has 0 bridgehead atoms. The molecule has 7 heteroatoms. The van der Waals surface area contributed by atoms with Gasteiger partial charge in [-0.3, -0.25) is 9.59 Å². The van der Waals surface area contributed by atoms with Crippen molar-refractivity contribution in [1.82, 2.24) is 4.90 Å². The zero-order chi connectivity index (χ0) is 22.5. The van der Waals surface area contributed by atoms with Gasteiger partial charge in [0.2, 0.25) is 0 Å². The van der Waals surface area contributed by atoms with Crippen molar-refractivity contribution in [1.29, 1.82) is 0 Å². The number of ether oxygens (including phenoxy) is 2. The van der Waals surface area contributed by atoms with Gasteiger partial charge in [-0.15, -0.1) is 6.58 Å². The highest BCUT2D eigenvalue weighted by atomic mass is 16.5. The molecule has 0 aromatic heterocycles. The summed E-state index contributed by atoms with van der Waals surface area (Å²) in [6, 6.07) is 10.1. The van der Waals surface area contributed by atoms with E-state index in [-0.39, 0.29) is 29.4 Å². The largest absolute Gasteiger partial charge is 0.507 e. The number of phenolic OH excluding ortho intramolecular Hbond substituents is 1. The third-order valence-electron chi connectivity index (χ3n) is 4.88. The van der Waals surface area contributed by atoms with Gasteiger partial charge in [0.1, 0.15) is 18.1 Å². The van der Waals surface area contributed by atoms with Gasteiger partial charge in [0.25, 0.3) is 11.7 Å². The molecule has 0 saturated carbocycles. The number of aliphatic hydroxyl groups excluding tert-OH is 1. The first kappa shape index (κ1) is 21.7. The Hall–Kier alpha value is -4.00. The summed E-state index contributed by atoms with van der Waals surface area (Å²) in [7, 11) is 1.40. The summed E-state index contributed by atoms with van der Waals surface area (Å²) in [6.45, 7) is 7.68. The van der Waals surface area contributed by atoms with E-state index in [0.29, 0.717) is 23.5 Å². The van der Waals surface area contributed by atoms with Crippen LogP contribution < -0.4 is 9.47 Å². The molecule has 1 atom stereocenters. The first-order valence-electron chi connectivity index (χ1n) is 9.53. The Balaban J connectivity index is 2.12. The number of carbonyl (C=O) groups excluding carboxylic acids is 2. The maximum atomic E-state index is 12.9. The first-order chi connectivity index (χ1) is 14.9. The van der Waals surface area contributed by atoms with Crippen LogP contribution in [-0.4, -0.2) is 47.1 Å². The average Bonchev–Trinajstić information content (AvgIpc) is 3.03. The molecule has 7 nitrogen and oxygen atoms in total. The van der Waals surface area contributed by atoms with Crippen molar-refractivity contribution in [3.63, 3.8) is 0 Å². The molecule has 3 rings (SSSR count). The summed E-state index contributed by atoms with van der Waals surface area (Å²) < 4.78 is 10.6. The van der Waals surface area contributed by atoms with Crippen molar-refractivity contribution in [3.8, 4) is 17.2 Å². The Morgan fingerprint density at radius 2 is 1.84 bits per heavy atom. The van der Waals surface area contributed by atoms with Crippen LogP contribution in [0.15, 0.2) is 73.3 Å². The van der Waals surface area contributed by atoms with Crippen molar-refractivity contribution in [2.24, 2.45) is 0 Å². The van der Waals surface area contributed by atoms with E-state index >= 15 is 0 Å². The quantitative estimate of drug-likeness (QED) is 0.293. The molecule has 2 aromatic carbocycles. The van der Waals surface area contributed by atoms with Gasteiger partial charge in [0.05, 0.1) is 18.7 Å². The van der Waals surface area contributed by atoms with Crippen LogP contribution in [0.5, 0.6) is 17.2 Å². The van der Waals surface area contributed by atoms with Crippen molar-refractivity contribution in [2.45, 2.75) is 6.04 Å². The third-order valence-corrected chi connectivity index (χ3v) is 4.88. The summed E-state index contributed by atoms with van der Waals surface area (Å²) in [5.41, 5.74) is 0.806. The number of ketones is 1. The fourth-order valence-electron chi connectivity index (χ4n) is 3.44. The minimum absolute atomic E-state index is 0.0562. The highest BCUT2D eigenvalue weighted by molar-refractivity contribution is 6.46. The summed E-state index contributed by atoms with van der Waals surface area (Å²) in [4.78, 5) is 26.9. The third kappa shape index (κ3) is 4.16. The zero-order valence-electron chi connectivity index (χ0n) is 17.1. The molecule has 0 radical (unpaired) electrons. The maximum Gasteiger partial charge on any atom is 0.295 e. The molecule has 1 heterocycles. The van der Waals surface area contributed by atoms with Crippen LogP contribution in [0.3, 0.4) is 0 Å². The van der Waals surface area contributed by atoms with Gasteiger partial charge in [-0.1, -0.05) is 24.8 Å². The highest BCUT2D eigenvalue weighted by Gasteiger charge is 2.45. The van der Waals surface area contributed by atoms with E-state index < -0.39 is 17.7 Å². The predicted octanol–water partition coefficient (Wildman–Crippen LogP) is 3.57. The van der Waals surface area contributed by atoms with Gasteiger partial charge >= 0.3 is 0 Å². The van der Waals surface area contributed by atoms with E-state index in [1.165, 1.54) is 30.2 Å². The van der Waals surface area contributed by atoms with Crippen LogP contribution in [0.4, 0.5) is 0 Å². The summed E-state index contributed by atoms with van der Waals surface area (Å²) in [5, 5.41) is 20.9. The normalized spacial score (nSPS) is 17.5. The number of hydrogen-bond donors (Lipinski definition) is 2. The number of phenols is 1. The molecule has 31 heavy (non-hydrogen) atoms. The number of carbonyl (C=O) groups is 2. The molecule has 160 valence electrons. The lowest BCUT2D eigenvalue weighted by molar-refractivity contribution is -0.139.